The first-order valence-electron chi connectivity index (χ1n) is 44.2. The minimum absolute atomic E-state index is 0. The van der Waals surface area contributed by atoms with E-state index < -0.39 is 28.9 Å². The smallest absolute Gasteiger partial charge is 1.00 e. The maximum Gasteiger partial charge on any atom is 1.00 e. The number of anilines is 1. The fraction of sp³-hybridized carbons (Fsp3) is 0.485. The number of carbonyl (C=O) groups is 5. The second-order valence-electron chi connectivity index (χ2n) is 34.5. The molecule has 5 heterocycles. The van der Waals surface area contributed by atoms with E-state index >= 15 is 0 Å². The standard InChI is InChI=1S/C19H19ClINO.C19H24ClNO.2C13H15ClO.C7H10O.C7H12O.C6H4ClIO.C6H6ClNO.C4H6O4.C3H4Cl2O2.C2H3BO2.HI.K.Na/c20-17-6-7-19(18(21)12-17)23-14-16-8-10-22(11-9-16)13-15-4-2-1-3-5-15;20-15-3-4-18-16(11-15)19(12-22-18)5-7-21(8-6-19)17-10-13-1-2-14(17)9-13;2*14-10-4-5-12-11(8-10)13(9-15-12)6-2-1-3-7-13;8-7-4-5-1-2-6(7)3-5;8-6-7-4-2-1-3-5-7;2*7-4-1-2-6(9)5(8)3-4;1-3(5)7-8-4(2)6;1-2(4)7-3(5)6;1-2(4)5-3;;;/h1-8,12H,9-11,13-14H2;3-4,11,13-14,17H,1-2,5-10,12H2;2*4-5,8H,1-3,6-7,9H2;5-6H,1-4H2;4,8H,1-3,5-6H2;1-3,9H;1-3,9H,8H2;1-2H3;2H,1H3;1H3;1H;;/q;;;;;;;;;;-1;;2*+1/p-1/t;13-,14+,17-;;;5-,6+;;;;;;;;;/m.1..1........./s1. The van der Waals surface area contributed by atoms with Crippen molar-refractivity contribution in [3.8, 4) is 34.5 Å². The second-order valence-corrected chi connectivity index (χ2v) is 40.4. The average Bonchev–Trinajstić information content (AvgIpc) is 1.70. The number of ketones is 1. The summed E-state index contributed by atoms with van der Waals surface area (Å²) < 4.78 is 33.1. The van der Waals surface area contributed by atoms with Crippen LogP contribution in [0.15, 0.2) is 163 Å². The number of fused-ring (bicyclic) bond motifs is 10. The summed E-state index contributed by atoms with van der Waals surface area (Å²) in [6.07, 6.45) is 36.6. The molecule has 707 valence electrons. The van der Waals surface area contributed by atoms with Crippen molar-refractivity contribution in [2.24, 2.45) is 23.7 Å². The zero-order chi connectivity index (χ0) is 93.2. The molecular weight excluding hydrogens is 2220 g/mol. The van der Waals surface area contributed by atoms with Gasteiger partial charge in [0, 0.05) is 133 Å². The second kappa shape index (κ2) is 60.5. The number of halogens is 11. The van der Waals surface area contributed by atoms with Crippen LogP contribution in [-0.4, -0.2) is 133 Å². The van der Waals surface area contributed by atoms with Gasteiger partial charge in [-0.2, -0.15) is 0 Å². The Morgan fingerprint density at radius 1 is 0.568 bits per heavy atom. The molecule has 6 saturated carbocycles. The zero-order valence-corrected chi connectivity index (χ0v) is 93.6. The number of Topliss-reactive ketones (excluding diaryl/α,β-unsaturated/α-hetero) is 1. The Bertz CT molecular complexity index is 4730. The number of aliphatic hydroxyl groups is 1. The number of aliphatic hydroxyl groups excluding tert-OH is 1. The van der Waals surface area contributed by atoms with Gasteiger partial charge in [-0.25, -0.2) is 24.2 Å². The quantitative estimate of drug-likeness (QED) is 0.0127. The monoisotopic (exact) mass is 2340 g/mol. The molecule has 7 aromatic carbocycles. The summed E-state index contributed by atoms with van der Waals surface area (Å²) in [5.41, 5.74) is 13.0. The Labute approximate surface area is 929 Å². The van der Waals surface area contributed by atoms with Crippen LogP contribution in [-0.2, 0) is 61.1 Å². The molecule has 7 aliphatic carbocycles. The first-order valence-corrected chi connectivity index (χ1v) is 49.5. The van der Waals surface area contributed by atoms with Gasteiger partial charge in [-0.1, -0.05) is 169 Å². The molecule has 19 nitrogen and oxygen atoms in total. The maximum absolute atomic E-state index is 10.8. The van der Waals surface area contributed by atoms with Crippen LogP contribution in [0.5, 0.6) is 34.5 Å². The third-order valence-electron chi connectivity index (χ3n) is 25.2. The maximum atomic E-state index is 10.8. The van der Waals surface area contributed by atoms with Crippen molar-refractivity contribution in [2.45, 2.75) is 223 Å². The minimum Gasteiger partial charge on any atom is -1.00 e. The number of piperidine rings is 1. The number of carbonyl (C=O) groups excluding carboxylic acids is 5. The number of rotatable bonds is 8. The van der Waals surface area contributed by atoms with Crippen molar-refractivity contribution in [1.82, 2.24) is 9.80 Å². The number of nitrogen functional groups attached to an aromatic ring is 1. The molecule has 1 unspecified atom stereocenters. The van der Waals surface area contributed by atoms with Gasteiger partial charge in [0.05, 0.1) is 39.3 Å². The molecular formula is C99H118BCl8I3KN3NaO16. The Balaban J connectivity index is 0.000000230. The fourth-order valence-corrected chi connectivity index (χ4v) is 21.4. The van der Waals surface area contributed by atoms with Crippen molar-refractivity contribution in [3.05, 3.63) is 222 Å². The number of phenolic OH excluding ortho intramolecular Hbond substituents is 2. The molecule has 7 fully saturated rings. The normalized spacial score (nSPS) is 20.3. The molecule has 6 atom stereocenters. The van der Waals surface area contributed by atoms with E-state index in [4.69, 9.17) is 133 Å². The van der Waals surface area contributed by atoms with Crippen LogP contribution in [0.4, 0.5) is 10.5 Å². The van der Waals surface area contributed by atoms with Crippen LogP contribution in [0, 0.1) is 30.8 Å². The number of alkyl halides is 1. The number of benzene rings is 7. The molecule has 19 rings (SSSR count). The summed E-state index contributed by atoms with van der Waals surface area (Å²) in [4.78, 5) is 62.6. The van der Waals surface area contributed by atoms with Gasteiger partial charge in [-0.15, -0.1) is 0 Å². The van der Waals surface area contributed by atoms with E-state index in [2.05, 4.69) is 126 Å². The van der Waals surface area contributed by atoms with E-state index in [1.54, 1.807) is 24.3 Å². The van der Waals surface area contributed by atoms with Crippen LogP contribution in [0.2, 0.25) is 30.1 Å². The molecule has 3 spiro atoms. The summed E-state index contributed by atoms with van der Waals surface area (Å²) in [5.74, 6) is 6.57. The van der Waals surface area contributed by atoms with Gasteiger partial charge >= 0.3 is 98.3 Å². The van der Waals surface area contributed by atoms with Gasteiger partial charge in [0.25, 0.3) is 0 Å². The van der Waals surface area contributed by atoms with Gasteiger partial charge < -0.3 is 86.3 Å². The minimum atomic E-state index is -0.873. The SMILES string of the molecule is CC(=O)OOC(C)=O.CC(Cl)OC(=O)Cl.Clc1ccc(OCC2=CCN(Cc3ccccc3)CC2)c(I)c1.Clc1ccc2c(c1)C1(CCCCC1)CO2.Clc1ccc2c(c1)C1(CCCCC1)CO2.Clc1ccc2c(c1)C1(CCN([C@@H]3C[C@@H]4CC[C@H]3C4)CC1)CO2.Nc1cc(Cl)ccc1O.O=C1C[C@@H]2CC[C@H]1C2.OCC1=CCCCC1.Oc1ccc(Cl)cc1I.[B-]OC(C)=O.[I-].[K+].[Na+]. The number of nitrogens with two attached hydrogens (primary N) is 1. The molecule has 3 radical (unpaired) electrons. The number of ether oxygens (including phenoxy) is 5. The molecule has 4 bridgehead atoms. The molecule has 132 heavy (non-hydrogen) atoms. The largest absolute Gasteiger partial charge is 1.00 e. The first-order chi connectivity index (χ1) is 61.8. The van der Waals surface area contributed by atoms with Crippen LogP contribution >= 0.6 is 138 Å². The van der Waals surface area contributed by atoms with Gasteiger partial charge in [0.15, 0.2) is 5.56 Å². The first kappa shape index (κ1) is 118. The summed E-state index contributed by atoms with van der Waals surface area (Å²) in [7, 11) is 4.32. The number of aromatic hydroxyl groups is 2. The van der Waals surface area contributed by atoms with Crippen molar-refractivity contribution in [2.75, 3.05) is 64.9 Å². The molecule has 0 amide bonds. The Morgan fingerprint density at radius 2 is 1.05 bits per heavy atom. The van der Waals surface area contributed by atoms with E-state index in [1.807, 2.05) is 71.1 Å². The number of nitrogens with zero attached hydrogens (tertiary/aromatic N) is 2. The molecule has 1 saturated heterocycles. The molecule has 12 aliphatic rings. The van der Waals surface area contributed by atoms with Crippen LogP contribution in [0.1, 0.15) is 210 Å². The van der Waals surface area contributed by atoms with Gasteiger partial charge in [-0.05, 0) is 318 Å². The summed E-state index contributed by atoms with van der Waals surface area (Å²) in [6.45, 7) is 14.1. The number of phenols is 2. The molecule has 5 N–H and O–H groups in total. The Hall–Kier alpha value is -2.74. The summed E-state index contributed by atoms with van der Waals surface area (Å²) >= 11 is 49.6. The zero-order valence-electron chi connectivity index (χ0n) is 76.0. The average molecular weight is 2340 g/mol. The van der Waals surface area contributed by atoms with Crippen molar-refractivity contribution < 1.29 is 182 Å². The fourth-order valence-electron chi connectivity index (χ4n) is 18.6. The van der Waals surface area contributed by atoms with Gasteiger partial charge in [0.1, 0.15) is 46.9 Å². The number of allylic oxidation sites excluding steroid dienone is 1. The third-order valence-corrected chi connectivity index (χ3v) is 28.5. The Kier molecular flexibility index (Phi) is 54.1. The van der Waals surface area contributed by atoms with Crippen LogP contribution in [0.3, 0.4) is 0 Å². The van der Waals surface area contributed by atoms with E-state index in [9.17, 15) is 24.0 Å². The van der Waals surface area contributed by atoms with E-state index in [-0.39, 0.29) is 128 Å². The van der Waals surface area contributed by atoms with Crippen LogP contribution in [0.25, 0.3) is 0 Å². The molecule has 33 heteroatoms. The topological polar surface area (TPSA) is 252 Å². The van der Waals surface area contributed by atoms with E-state index in [1.165, 1.54) is 214 Å². The predicted molar refractivity (Wildman–Crippen MR) is 532 cm³/mol. The van der Waals surface area contributed by atoms with Gasteiger partial charge in [0.2, 0.25) is 5.97 Å². The molecule has 7 aromatic rings. The summed E-state index contributed by atoms with van der Waals surface area (Å²) in [5, 5.41) is 30.9. The predicted octanol–water partition coefficient (Wildman–Crippen LogP) is 17.0. The van der Waals surface area contributed by atoms with Crippen molar-refractivity contribution in [1.29, 1.82) is 0 Å². The number of likely N-dealkylation sites (tertiary alicyclic amines) is 1. The van der Waals surface area contributed by atoms with E-state index in [0.717, 1.165) is 147 Å². The number of hydrogen-bond acceptors (Lipinski definition) is 19. The molecule has 5 aliphatic heterocycles. The third kappa shape index (κ3) is 38.6. The van der Waals surface area contributed by atoms with Crippen molar-refractivity contribution in [3.63, 3.8) is 0 Å². The summed E-state index contributed by atoms with van der Waals surface area (Å²) in [6, 6.07) is 44.9. The van der Waals surface area contributed by atoms with E-state index in [0.29, 0.717) is 44.9 Å². The van der Waals surface area contributed by atoms with Gasteiger partial charge in [-0.3, -0.25) is 14.5 Å². The van der Waals surface area contributed by atoms with Crippen molar-refractivity contribution >= 4 is 181 Å². The molecule has 0 aromatic heterocycles. The van der Waals surface area contributed by atoms with Crippen LogP contribution < -0.4 is 130 Å². The number of hydrogen-bond donors (Lipinski definition) is 4. The Morgan fingerprint density at radius 3 is 1.42 bits per heavy atom.